The van der Waals surface area contributed by atoms with Gasteiger partial charge in [-0.15, -0.1) is 0 Å². The molecule has 0 aliphatic carbocycles. The summed E-state index contributed by atoms with van der Waals surface area (Å²) in [5, 5.41) is 3.07. The van der Waals surface area contributed by atoms with Gasteiger partial charge in [0.2, 0.25) is 5.91 Å². The third kappa shape index (κ3) is 5.23. The first kappa shape index (κ1) is 19.8. The number of carbonyl (C=O) groups is 1. The van der Waals surface area contributed by atoms with Gasteiger partial charge in [0.25, 0.3) is 0 Å². The Morgan fingerprint density at radius 2 is 1.92 bits per heavy atom. The fraction of sp³-hybridized carbons (Fsp3) is 0.474. The quantitative estimate of drug-likeness (QED) is 0.782. The third-order valence-corrected chi connectivity index (χ3v) is 3.96. The highest BCUT2D eigenvalue weighted by atomic mass is 16.5. The van der Waals surface area contributed by atoms with Crippen LogP contribution in [0.3, 0.4) is 0 Å². The second-order valence-corrected chi connectivity index (χ2v) is 6.64. The summed E-state index contributed by atoms with van der Waals surface area (Å²) in [4.78, 5) is 27.5. The van der Waals surface area contributed by atoms with Crippen LogP contribution in [0.4, 0.5) is 5.82 Å². The molecule has 2 aromatic rings. The molecule has 0 aliphatic rings. The molecule has 0 aromatic carbocycles. The van der Waals surface area contributed by atoms with Crippen LogP contribution < -0.4 is 10.2 Å². The van der Waals surface area contributed by atoms with Crippen molar-refractivity contribution in [3.63, 3.8) is 0 Å². The van der Waals surface area contributed by atoms with Crippen molar-refractivity contribution in [2.75, 3.05) is 32.7 Å². The largest absolute Gasteiger partial charge is 0.384 e. The second kappa shape index (κ2) is 9.24. The number of ether oxygens (including phenoxy) is 1. The number of amides is 1. The Bertz CT molecular complexity index is 719. The molecule has 0 saturated carbocycles. The van der Waals surface area contributed by atoms with E-state index in [9.17, 15) is 4.79 Å². The lowest BCUT2D eigenvalue weighted by Gasteiger charge is -2.24. The highest BCUT2D eigenvalue weighted by Crippen LogP contribution is 2.26. The van der Waals surface area contributed by atoms with Gasteiger partial charge in [0.1, 0.15) is 5.82 Å². The average molecular weight is 357 g/mol. The molecule has 0 radical (unpaired) electrons. The Hall–Kier alpha value is -2.54. The molecule has 0 bridgehead atoms. The lowest BCUT2D eigenvalue weighted by Crippen LogP contribution is -2.33. The normalized spacial score (nSPS) is 12.1. The minimum Gasteiger partial charge on any atom is -0.384 e. The summed E-state index contributed by atoms with van der Waals surface area (Å²) >= 11 is 0. The molecule has 1 atom stereocenters. The van der Waals surface area contributed by atoms with Gasteiger partial charge in [-0.1, -0.05) is 13.8 Å². The standard InChI is InChI=1S/C19H27N5O2/c1-13(2)18(23-17(25)8-11-26-5)15-12-16(24(3)4)22-19(21-15)14-6-9-20-10-7-14/h6-7,9-10,12-13,18H,8,11H2,1-5H3,(H,23,25)/t18-/m1/s1. The molecule has 2 rings (SSSR count). The molecule has 7 heteroatoms. The molecular formula is C19H27N5O2. The maximum atomic E-state index is 12.2. The second-order valence-electron chi connectivity index (χ2n) is 6.64. The fourth-order valence-electron chi connectivity index (χ4n) is 2.49. The van der Waals surface area contributed by atoms with Crippen molar-refractivity contribution in [3.05, 3.63) is 36.3 Å². The highest BCUT2D eigenvalue weighted by Gasteiger charge is 2.22. The van der Waals surface area contributed by atoms with Gasteiger partial charge in [-0.25, -0.2) is 9.97 Å². The van der Waals surface area contributed by atoms with Gasteiger partial charge in [-0.2, -0.15) is 0 Å². The van der Waals surface area contributed by atoms with E-state index in [4.69, 9.17) is 9.72 Å². The van der Waals surface area contributed by atoms with Crippen LogP contribution in [-0.4, -0.2) is 48.7 Å². The van der Waals surface area contributed by atoms with E-state index in [2.05, 4.69) is 29.1 Å². The minimum atomic E-state index is -0.207. The van der Waals surface area contributed by atoms with Gasteiger partial charge in [-0.3, -0.25) is 9.78 Å². The zero-order valence-corrected chi connectivity index (χ0v) is 16.1. The molecule has 140 valence electrons. The van der Waals surface area contributed by atoms with Crippen molar-refractivity contribution in [1.82, 2.24) is 20.3 Å². The number of rotatable bonds is 8. The minimum absolute atomic E-state index is 0.0546. The van der Waals surface area contributed by atoms with E-state index in [0.717, 1.165) is 17.1 Å². The molecule has 7 nitrogen and oxygen atoms in total. The van der Waals surface area contributed by atoms with Gasteiger partial charge in [0.05, 0.1) is 18.3 Å². The van der Waals surface area contributed by atoms with Crippen molar-refractivity contribution >= 4 is 11.7 Å². The lowest BCUT2D eigenvalue weighted by molar-refractivity contribution is -0.123. The summed E-state index contributed by atoms with van der Waals surface area (Å²) in [5.41, 5.74) is 1.68. The number of nitrogens with zero attached hydrogens (tertiary/aromatic N) is 4. The van der Waals surface area contributed by atoms with Gasteiger partial charge in [-0.05, 0) is 18.1 Å². The number of nitrogens with one attached hydrogen (secondary N) is 1. The van der Waals surface area contributed by atoms with E-state index in [0.29, 0.717) is 18.9 Å². The molecule has 0 aliphatic heterocycles. The van der Waals surface area contributed by atoms with E-state index < -0.39 is 0 Å². The van der Waals surface area contributed by atoms with E-state index in [-0.39, 0.29) is 17.9 Å². The van der Waals surface area contributed by atoms with Crippen LogP contribution in [0.2, 0.25) is 0 Å². The number of pyridine rings is 1. The van der Waals surface area contributed by atoms with Crippen LogP contribution in [0.15, 0.2) is 30.6 Å². The van der Waals surface area contributed by atoms with Crippen LogP contribution in [0.1, 0.15) is 32.0 Å². The van der Waals surface area contributed by atoms with Crippen molar-refractivity contribution < 1.29 is 9.53 Å². The zero-order chi connectivity index (χ0) is 19.1. The molecule has 0 spiro atoms. The van der Waals surface area contributed by atoms with Crippen molar-refractivity contribution in [1.29, 1.82) is 0 Å². The van der Waals surface area contributed by atoms with Gasteiger partial charge >= 0.3 is 0 Å². The molecule has 2 heterocycles. The predicted octanol–water partition coefficient (Wildman–Crippen LogP) is 2.45. The van der Waals surface area contributed by atoms with E-state index in [1.165, 1.54) is 0 Å². The summed E-state index contributed by atoms with van der Waals surface area (Å²) in [6.07, 6.45) is 3.75. The Kier molecular flexibility index (Phi) is 7.03. The first-order chi connectivity index (χ1) is 12.4. The zero-order valence-electron chi connectivity index (χ0n) is 16.1. The number of methoxy groups -OCH3 is 1. The topological polar surface area (TPSA) is 80.2 Å². The molecule has 1 N–H and O–H groups in total. The Balaban J connectivity index is 2.40. The van der Waals surface area contributed by atoms with Crippen molar-refractivity contribution in [2.24, 2.45) is 5.92 Å². The molecule has 26 heavy (non-hydrogen) atoms. The molecular weight excluding hydrogens is 330 g/mol. The van der Waals surface area contributed by atoms with Crippen LogP contribution in [0, 0.1) is 5.92 Å². The molecule has 0 fully saturated rings. The van der Waals surface area contributed by atoms with Crippen molar-refractivity contribution in [2.45, 2.75) is 26.3 Å². The third-order valence-electron chi connectivity index (χ3n) is 3.96. The lowest BCUT2D eigenvalue weighted by atomic mass is 10.00. The van der Waals surface area contributed by atoms with Crippen LogP contribution >= 0.6 is 0 Å². The summed E-state index contributed by atoms with van der Waals surface area (Å²) in [5.74, 6) is 1.53. The van der Waals surface area contributed by atoms with Crippen LogP contribution in [0.5, 0.6) is 0 Å². The molecule has 1 amide bonds. The van der Waals surface area contributed by atoms with Gasteiger partial charge in [0, 0.05) is 51.6 Å². The van der Waals surface area contributed by atoms with E-state index >= 15 is 0 Å². The van der Waals surface area contributed by atoms with E-state index in [1.54, 1.807) is 19.5 Å². The Morgan fingerprint density at radius 3 is 2.50 bits per heavy atom. The smallest absolute Gasteiger partial charge is 0.222 e. The molecule has 0 unspecified atom stereocenters. The van der Waals surface area contributed by atoms with Gasteiger partial charge < -0.3 is 15.0 Å². The Morgan fingerprint density at radius 1 is 1.23 bits per heavy atom. The number of hydrogen-bond acceptors (Lipinski definition) is 6. The highest BCUT2D eigenvalue weighted by molar-refractivity contribution is 5.76. The summed E-state index contributed by atoms with van der Waals surface area (Å²) < 4.78 is 4.99. The Labute approximate surface area is 154 Å². The van der Waals surface area contributed by atoms with E-state index in [1.807, 2.05) is 37.2 Å². The molecule has 0 saturated heterocycles. The predicted molar refractivity (Wildman–Crippen MR) is 102 cm³/mol. The van der Waals surface area contributed by atoms with Gasteiger partial charge in [0.15, 0.2) is 5.82 Å². The SMILES string of the molecule is COCCC(=O)N[C@@H](c1cc(N(C)C)nc(-c2ccncc2)n1)C(C)C. The number of anilines is 1. The summed E-state index contributed by atoms with van der Waals surface area (Å²) in [6.45, 7) is 4.52. The molecule has 2 aromatic heterocycles. The first-order valence-corrected chi connectivity index (χ1v) is 8.67. The monoisotopic (exact) mass is 357 g/mol. The van der Waals surface area contributed by atoms with Crippen LogP contribution in [-0.2, 0) is 9.53 Å². The maximum absolute atomic E-state index is 12.2. The fourth-order valence-corrected chi connectivity index (χ4v) is 2.49. The van der Waals surface area contributed by atoms with Crippen molar-refractivity contribution in [3.8, 4) is 11.4 Å². The summed E-state index contributed by atoms with van der Waals surface area (Å²) in [7, 11) is 5.45. The van der Waals surface area contributed by atoms with Crippen LogP contribution in [0.25, 0.3) is 11.4 Å². The number of aromatic nitrogens is 3. The number of carbonyl (C=O) groups excluding carboxylic acids is 1. The number of hydrogen-bond donors (Lipinski definition) is 1. The average Bonchev–Trinajstić information content (AvgIpc) is 2.64. The first-order valence-electron chi connectivity index (χ1n) is 8.67. The summed E-state index contributed by atoms with van der Waals surface area (Å²) in [6, 6.07) is 5.47. The maximum Gasteiger partial charge on any atom is 0.222 e.